The van der Waals surface area contributed by atoms with Crippen molar-refractivity contribution in [2.75, 3.05) is 29.9 Å². The highest BCUT2D eigenvalue weighted by molar-refractivity contribution is 5.54. The zero-order valence-corrected chi connectivity index (χ0v) is 12.6. The minimum absolute atomic E-state index is 0.629. The lowest BCUT2D eigenvalue weighted by Gasteiger charge is -2.27. The Kier molecular flexibility index (Phi) is 3.98. The van der Waals surface area contributed by atoms with E-state index in [-0.39, 0.29) is 0 Å². The van der Waals surface area contributed by atoms with Crippen LogP contribution in [0.3, 0.4) is 0 Å². The molecule has 2 aromatic heterocycles. The maximum atomic E-state index is 4.65. The van der Waals surface area contributed by atoms with E-state index < -0.39 is 0 Å². The molecule has 2 aromatic rings. The van der Waals surface area contributed by atoms with E-state index in [2.05, 4.69) is 30.3 Å². The maximum Gasteiger partial charge on any atom is 0.230 e. The van der Waals surface area contributed by atoms with Crippen LogP contribution in [-0.2, 0) is 7.05 Å². The highest BCUT2D eigenvalue weighted by atomic mass is 15.3. The second kappa shape index (κ2) is 6.07. The van der Waals surface area contributed by atoms with Crippen molar-refractivity contribution in [2.24, 2.45) is 7.05 Å². The first-order chi connectivity index (χ1) is 10.3. The number of hydrogen-bond acceptors (Lipinski definition) is 6. The minimum atomic E-state index is 0.629. The van der Waals surface area contributed by atoms with Gasteiger partial charge in [0.25, 0.3) is 0 Å². The molecule has 3 heterocycles. The minimum Gasteiger partial charge on any atom is -0.354 e. The Morgan fingerprint density at radius 2 is 1.95 bits per heavy atom. The van der Waals surface area contributed by atoms with Crippen molar-refractivity contribution in [3.05, 3.63) is 12.3 Å². The molecule has 3 rings (SSSR count). The van der Waals surface area contributed by atoms with Crippen molar-refractivity contribution in [1.29, 1.82) is 0 Å². The number of nitrogens with zero attached hydrogens (tertiary/aromatic N) is 6. The summed E-state index contributed by atoms with van der Waals surface area (Å²) >= 11 is 0. The fourth-order valence-corrected chi connectivity index (χ4v) is 2.55. The van der Waals surface area contributed by atoms with Crippen LogP contribution < -0.4 is 10.2 Å². The fraction of sp³-hybridized carbons (Fsp3) is 0.571. The molecule has 1 N–H and O–H groups in total. The Balaban J connectivity index is 1.99. The van der Waals surface area contributed by atoms with E-state index in [0.717, 1.165) is 31.3 Å². The van der Waals surface area contributed by atoms with Gasteiger partial charge in [-0.3, -0.25) is 4.68 Å². The number of aromatic nitrogens is 5. The van der Waals surface area contributed by atoms with E-state index in [0.29, 0.717) is 11.8 Å². The van der Waals surface area contributed by atoms with Crippen LogP contribution in [0.4, 0.5) is 11.9 Å². The summed E-state index contributed by atoms with van der Waals surface area (Å²) in [6, 6.07) is 1.92. The quantitative estimate of drug-likeness (QED) is 0.922. The predicted molar refractivity (Wildman–Crippen MR) is 82.3 cm³/mol. The van der Waals surface area contributed by atoms with Gasteiger partial charge < -0.3 is 10.2 Å². The van der Waals surface area contributed by atoms with Gasteiger partial charge in [-0.2, -0.15) is 20.1 Å². The third kappa shape index (κ3) is 2.96. The second-order valence-corrected chi connectivity index (χ2v) is 5.20. The average Bonchev–Trinajstić information content (AvgIpc) is 2.94. The normalized spacial score (nSPS) is 15.2. The number of piperidine rings is 1. The maximum absolute atomic E-state index is 4.65. The van der Waals surface area contributed by atoms with Crippen LogP contribution in [0.5, 0.6) is 0 Å². The average molecular weight is 287 g/mol. The molecule has 112 valence electrons. The molecule has 1 aliphatic heterocycles. The number of rotatable bonds is 4. The molecule has 0 saturated carbocycles. The van der Waals surface area contributed by atoms with Crippen molar-refractivity contribution in [2.45, 2.75) is 26.2 Å². The molecule has 0 bridgehead atoms. The zero-order chi connectivity index (χ0) is 14.7. The van der Waals surface area contributed by atoms with E-state index in [4.69, 9.17) is 0 Å². The summed E-state index contributed by atoms with van der Waals surface area (Å²) in [4.78, 5) is 15.9. The predicted octanol–water partition coefficient (Wildman–Crippen LogP) is 1.69. The highest BCUT2D eigenvalue weighted by Gasteiger charge is 2.17. The molecule has 0 atom stereocenters. The third-order valence-corrected chi connectivity index (χ3v) is 3.65. The zero-order valence-electron chi connectivity index (χ0n) is 12.6. The molecule has 1 saturated heterocycles. The van der Waals surface area contributed by atoms with E-state index in [1.54, 1.807) is 10.9 Å². The Morgan fingerprint density at radius 1 is 1.14 bits per heavy atom. The lowest BCUT2D eigenvalue weighted by Crippen LogP contribution is -2.31. The molecule has 0 aromatic carbocycles. The molecular formula is C14H21N7. The first-order valence-electron chi connectivity index (χ1n) is 7.51. The number of hydrogen-bond donors (Lipinski definition) is 1. The lowest BCUT2D eigenvalue weighted by atomic mass is 10.1. The lowest BCUT2D eigenvalue weighted by molar-refractivity contribution is 0.567. The number of aryl methyl sites for hydroxylation is 1. The SMILES string of the molecule is CCNc1nc(-c2ccnn2C)nc(N2CCCCC2)n1. The van der Waals surface area contributed by atoms with Gasteiger partial charge in [-0.15, -0.1) is 0 Å². The molecule has 0 radical (unpaired) electrons. The Morgan fingerprint density at radius 3 is 2.62 bits per heavy atom. The summed E-state index contributed by atoms with van der Waals surface area (Å²) in [5.41, 5.74) is 0.898. The van der Waals surface area contributed by atoms with Crippen LogP contribution in [0.2, 0.25) is 0 Å². The number of nitrogens with one attached hydrogen (secondary N) is 1. The van der Waals surface area contributed by atoms with Crippen LogP contribution in [-0.4, -0.2) is 44.4 Å². The van der Waals surface area contributed by atoms with Crippen LogP contribution in [0.1, 0.15) is 26.2 Å². The summed E-state index contributed by atoms with van der Waals surface area (Å²) in [5, 5.41) is 7.38. The van der Waals surface area contributed by atoms with Gasteiger partial charge in [-0.25, -0.2) is 0 Å². The Bertz CT molecular complexity index is 601. The van der Waals surface area contributed by atoms with Gasteiger partial charge in [0.2, 0.25) is 11.9 Å². The van der Waals surface area contributed by atoms with Gasteiger partial charge in [0.15, 0.2) is 5.82 Å². The molecule has 7 heteroatoms. The largest absolute Gasteiger partial charge is 0.354 e. The van der Waals surface area contributed by atoms with Gasteiger partial charge in [0.1, 0.15) is 5.69 Å². The van der Waals surface area contributed by atoms with E-state index in [1.165, 1.54) is 19.3 Å². The Hall–Kier alpha value is -2.18. The summed E-state index contributed by atoms with van der Waals surface area (Å²) in [6.07, 6.45) is 5.44. The summed E-state index contributed by atoms with van der Waals surface area (Å²) in [6.45, 7) is 4.85. The standard InChI is InChI=1S/C14H21N7/c1-3-15-13-17-12(11-7-8-16-20(11)2)18-14(19-13)21-9-5-4-6-10-21/h7-8H,3-6,9-10H2,1-2H3,(H,15,17,18,19). The van der Waals surface area contributed by atoms with E-state index in [9.17, 15) is 0 Å². The van der Waals surface area contributed by atoms with Crippen LogP contribution >= 0.6 is 0 Å². The van der Waals surface area contributed by atoms with Crippen LogP contribution in [0.25, 0.3) is 11.5 Å². The first kappa shape index (κ1) is 13.8. The molecule has 21 heavy (non-hydrogen) atoms. The number of anilines is 2. The monoisotopic (exact) mass is 287 g/mol. The molecule has 0 unspecified atom stereocenters. The van der Waals surface area contributed by atoms with E-state index >= 15 is 0 Å². The van der Waals surface area contributed by atoms with Crippen molar-refractivity contribution >= 4 is 11.9 Å². The summed E-state index contributed by atoms with van der Waals surface area (Å²) in [7, 11) is 1.90. The smallest absolute Gasteiger partial charge is 0.230 e. The van der Waals surface area contributed by atoms with Crippen molar-refractivity contribution in [3.8, 4) is 11.5 Å². The molecule has 1 fully saturated rings. The van der Waals surface area contributed by atoms with Crippen molar-refractivity contribution in [1.82, 2.24) is 24.7 Å². The van der Waals surface area contributed by atoms with E-state index in [1.807, 2.05) is 20.0 Å². The Labute approximate surface area is 124 Å². The van der Waals surface area contributed by atoms with Gasteiger partial charge in [-0.05, 0) is 32.3 Å². The fourth-order valence-electron chi connectivity index (χ4n) is 2.55. The van der Waals surface area contributed by atoms with Crippen LogP contribution in [0, 0.1) is 0 Å². The van der Waals surface area contributed by atoms with Crippen molar-refractivity contribution in [3.63, 3.8) is 0 Å². The molecule has 0 amide bonds. The van der Waals surface area contributed by atoms with Crippen LogP contribution in [0.15, 0.2) is 12.3 Å². The molecule has 0 aliphatic carbocycles. The van der Waals surface area contributed by atoms with Gasteiger partial charge in [-0.1, -0.05) is 0 Å². The van der Waals surface area contributed by atoms with Crippen molar-refractivity contribution < 1.29 is 0 Å². The molecule has 1 aliphatic rings. The van der Waals surface area contributed by atoms with Gasteiger partial charge in [0.05, 0.1) is 0 Å². The molecule has 7 nitrogen and oxygen atoms in total. The molecule has 0 spiro atoms. The summed E-state index contributed by atoms with van der Waals surface area (Å²) < 4.78 is 1.78. The third-order valence-electron chi connectivity index (χ3n) is 3.65. The molecular weight excluding hydrogens is 266 g/mol. The second-order valence-electron chi connectivity index (χ2n) is 5.20. The van der Waals surface area contributed by atoms with Gasteiger partial charge >= 0.3 is 0 Å². The van der Waals surface area contributed by atoms with Gasteiger partial charge in [0, 0.05) is 32.9 Å². The first-order valence-corrected chi connectivity index (χ1v) is 7.51. The summed E-state index contributed by atoms with van der Waals surface area (Å²) in [5.74, 6) is 2.06. The topological polar surface area (TPSA) is 71.8 Å². The highest BCUT2D eigenvalue weighted by Crippen LogP contribution is 2.21.